The van der Waals surface area contributed by atoms with Crippen molar-refractivity contribution in [1.82, 2.24) is 10.2 Å². The van der Waals surface area contributed by atoms with E-state index in [4.69, 9.17) is 0 Å². The van der Waals surface area contributed by atoms with Crippen LogP contribution in [0.3, 0.4) is 0 Å². The first-order valence-corrected chi connectivity index (χ1v) is 9.29. The average Bonchev–Trinajstić information content (AvgIpc) is 2.70. The molecule has 1 aliphatic heterocycles. The summed E-state index contributed by atoms with van der Waals surface area (Å²) in [4.78, 5) is 28.9. The minimum atomic E-state index is -0.166. The predicted octanol–water partition coefficient (Wildman–Crippen LogP) is 2.20. The Morgan fingerprint density at radius 2 is 1.59 bits per heavy atom. The number of benzene rings is 2. The van der Waals surface area contributed by atoms with Gasteiger partial charge < -0.3 is 20.4 Å². The largest absolute Gasteiger partial charge is 0.367 e. The summed E-state index contributed by atoms with van der Waals surface area (Å²) in [6.45, 7) is 4.20. The lowest BCUT2D eigenvalue weighted by Gasteiger charge is -2.35. The van der Waals surface area contributed by atoms with Gasteiger partial charge in [-0.1, -0.05) is 30.3 Å². The van der Waals surface area contributed by atoms with Crippen LogP contribution in [-0.4, -0.2) is 56.5 Å². The normalized spacial score (nSPS) is 14.6. The third kappa shape index (κ3) is 5.31. The Kier molecular flexibility index (Phi) is 6.44. The van der Waals surface area contributed by atoms with Crippen LogP contribution in [0.25, 0.3) is 0 Å². The lowest BCUT2D eigenvalue weighted by molar-refractivity contribution is -0.116. The highest BCUT2D eigenvalue weighted by atomic mass is 16.2. The molecule has 1 aliphatic rings. The fourth-order valence-electron chi connectivity index (χ4n) is 3.10. The number of carbonyl (C=O) groups excluding carboxylic acids is 2. The van der Waals surface area contributed by atoms with Crippen molar-refractivity contribution in [3.05, 3.63) is 60.2 Å². The van der Waals surface area contributed by atoms with Crippen molar-refractivity contribution in [2.24, 2.45) is 0 Å². The van der Waals surface area contributed by atoms with Gasteiger partial charge in [-0.15, -0.1) is 0 Å². The van der Waals surface area contributed by atoms with E-state index in [9.17, 15) is 9.59 Å². The summed E-state index contributed by atoms with van der Waals surface area (Å²) in [6.07, 6.45) is 0.232. The summed E-state index contributed by atoms with van der Waals surface area (Å²) in [5, 5.41) is 5.77. The van der Waals surface area contributed by atoms with E-state index in [0.717, 1.165) is 37.6 Å². The van der Waals surface area contributed by atoms with Crippen molar-refractivity contribution in [2.75, 3.05) is 50.0 Å². The Morgan fingerprint density at radius 1 is 0.926 bits per heavy atom. The van der Waals surface area contributed by atoms with Gasteiger partial charge >= 0.3 is 0 Å². The molecule has 0 aliphatic carbocycles. The first kappa shape index (κ1) is 18.9. The van der Waals surface area contributed by atoms with Gasteiger partial charge in [0.05, 0.1) is 11.4 Å². The number of para-hydroxylation sites is 2. The highest BCUT2D eigenvalue weighted by Crippen LogP contribution is 2.26. The van der Waals surface area contributed by atoms with Crippen LogP contribution >= 0.6 is 0 Å². The molecule has 2 aromatic rings. The van der Waals surface area contributed by atoms with Crippen molar-refractivity contribution >= 4 is 23.2 Å². The van der Waals surface area contributed by atoms with Crippen LogP contribution in [0.5, 0.6) is 0 Å². The Labute approximate surface area is 160 Å². The number of piperazine rings is 1. The van der Waals surface area contributed by atoms with Gasteiger partial charge in [-0.3, -0.25) is 9.59 Å². The maximum Gasteiger partial charge on any atom is 0.251 e. The predicted molar refractivity (Wildman–Crippen MR) is 108 cm³/mol. The van der Waals surface area contributed by atoms with Crippen LogP contribution in [0.1, 0.15) is 16.8 Å². The molecule has 0 unspecified atom stereocenters. The van der Waals surface area contributed by atoms with Crippen molar-refractivity contribution in [3.63, 3.8) is 0 Å². The van der Waals surface area contributed by atoms with Crippen LogP contribution < -0.4 is 15.5 Å². The summed E-state index contributed by atoms with van der Waals surface area (Å²) < 4.78 is 0. The minimum absolute atomic E-state index is 0.107. The third-order valence-electron chi connectivity index (χ3n) is 4.70. The number of carbonyl (C=O) groups is 2. The Hall–Kier alpha value is -2.86. The smallest absolute Gasteiger partial charge is 0.251 e. The third-order valence-corrected chi connectivity index (χ3v) is 4.70. The van der Waals surface area contributed by atoms with Crippen molar-refractivity contribution in [3.8, 4) is 0 Å². The molecule has 0 bridgehead atoms. The molecule has 2 aromatic carbocycles. The van der Waals surface area contributed by atoms with Gasteiger partial charge in [0.25, 0.3) is 5.91 Å². The second-order valence-electron chi connectivity index (χ2n) is 6.73. The van der Waals surface area contributed by atoms with E-state index in [0.29, 0.717) is 12.1 Å². The van der Waals surface area contributed by atoms with Gasteiger partial charge in [0.15, 0.2) is 0 Å². The number of rotatable bonds is 6. The van der Waals surface area contributed by atoms with Crippen LogP contribution in [-0.2, 0) is 4.79 Å². The monoisotopic (exact) mass is 366 g/mol. The molecule has 0 radical (unpaired) electrons. The van der Waals surface area contributed by atoms with Crippen LogP contribution in [0, 0.1) is 0 Å². The number of nitrogens with zero attached hydrogens (tertiary/aromatic N) is 2. The second kappa shape index (κ2) is 9.19. The fraction of sp³-hybridized carbons (Fsp3) is 0.333. The summed E-state index contributed by atoms with van der Waals surface area (Å²) in [6, 6.07) is 16.9. The zero-order chi connectivity index (χ0) is 19.1. The van der Waals surface area contributed by atoms with E-state index >= 15 is 0 Å². The molecular formula is C21H26N4O2. The maximum absolute atomic E-state index is 12.3. The average molecular weight is 366 g/mol. The molecule has 1 saturated heterocycles. The van der Waals surface area contributed by atoms with Gasteiger partial charge in [-0.25, -0.2) is 0 Å². The lowest BCUT2D eigenvalue weighted by atomic mass is 10.2. The van der Waals surface area contributed by atoms with E-state index in [1.54, 1.807) is 12.1 Å². The Morgan fingerprint density at radius 3 is 2.33 bits per heavy atom. The zero-order valence-electron chi connectivity index (χ0n) is 15.6. The van der Waals surface area contributed by atoms with E-state index in [-0.39, 0.29) is 18.2 Å². The number of hydrogen-bond acceptors (Lipinski definition) is 4. The Bertz CT molecular complexity index is 771. The summed E-state index contributed by atoms with van der Waals surface area (Å²) in [7, 11) is 2.12. The molecule has 2 amide bonds. The standard InChI is InChI=1S/C21H26N4O2/c1-24-13-15-25(16-14-24)19-10-6-5-9-18(19)23-20(26)11-12-22-21(27)17-7-3-2-4-8-17/h2-10H,11-16H2,1H3,(H,22,27)(H,23,26). The molecule has 6 heteroatoms. The highest BCUT2D eigenvalue weighted by Gasteiger charge is 2.17. The van der Waals surface area contributed by atoms with Gasteiger partial charge in [0.2, 0.25) is 5.91 Å². The first-order chi connectivity index (χ1) is 13.1. The highest BCUT2D eigenvalue weighted by molar-refractivity contribution is 5.96. The van der Waals surface area contributed by atoms with Gasteiger partial charge in [-0.05, 0) is 31.3 Å². The molecule has 0 spiro atoms. The van der Waals surface area contributed by atoms with E-state index in [1.807, 2.05) is 42.5 Å². The molecule has 0 atom stereocenters. The summed E-state index contributed by atoms with van der Waals surface area (Å²) in [5.74, 6) is -0.272. The van der Waals surface area contributed by atoms with E-state index < -0.39 is 0 Å². The minimum Gasteiger partial charge on any atom is -0.367 e. The Balaban J connectivity index is 1.51. The quantitative estimate of drug-likeness (QED) is 0.823. The number of amides is 2. The topological polar surface area (TPSA) is 64.7 Å². The van der Waals surface area contributed by atoms with Crippen molar-refractivity contribution < 1.29 is 9.59 Å². The molecule has 1 fully saturated rings. The van der Waals surface area contributed by atoms with E-state index in [2.05, 4.69) is 27.5 Å². The van der Waals surface area contributed by atoms with Gasteiger partial charge in [-0.2, -0.15) is 0 Å². The molecule has 142 valence electrons. The van der Waals surface area contributed by atoms with Crippen molar-refractivity contribution in [1.29, 1.82) is 0 Å². The van der Waals surface area contributed by atoms with Crippen LogP contribution in [0.2, 0.25) is 0 Å². The van der Waals surface area contributed by atoms with Gasteiger partial charge in [0, 0.05) is 44.7 Å². The van der Waals surface area contributed by atoms with Gasteiger partial charge in [0.1, 0.15) is 0 Å². The number of anilines is 2. The zero-order valence-corrected chi connectivity index (χ0v) is 15.6. The number of hydrogen-bond donors (Lipinski definition) is 2. The number of nitrogens with one attached hydrogen (secondary N) is 2. The second-order valence-corrected chi connectivity index (χ2v) is 6.73. The molecule has 6 nitrogen and oxygen atoms in total. The number of likely N-dealkylation sites (N-methyl/N-ethyl adjacent to an activating group) is 1. The molecular weight excluding hydrogens is 340 g/mol. The lowest BCUT2D eigenvalue weighted by Crippen LogP contribution is -2.44. The van der Waals surface area contributed by atoms with Crippen LogP contribution in [0.15, 0.2) is 54.6 Å². The maximum atomic E-state index is 12.3. The molecule has 1 heterocycles. The van der Waals surface area contributed by atoms with Crippen molar-refractivity contribution in [2.45, 2.75) is 6.42 Å². The van der Waals surface area contributed by atoms with E-state index in [1.165, 1.54) is 0 Å². The molecule has 0 saturated carbocycles. The summed E-state index contributed by atoms with van der Waals surface area (Å²) in [5.41, 5.74) is 2.46. The fourth-order valence-corrected chi connectivity index (χ4v) is 3.10. The van der Waals surface area contributed by atoms with Crippen LogP contribution in [0.4, 0.5) is 11.4 Å². The molecule has 2 N–H and O–H groups in total. The SMILES string of the molecule is CN1CCN(c2ccccc2NC(=O)CCNC(=O)c2ccccc2)CC1. The molecule has 0 aromatic heterocycles. The first-order valence-electron chi connectivity index (χ1n) is 9.29. The molecule has 3 rings (SSSR count). The summed E-state index contributed by atoms with van der Waals surface area (Å²) >= 11 is 0. The molecule has 27 heavy (non-hydrogen) atoms.